The molecule has 0 aliphatic carbocycles. The second-order valence-electron chi connectivity index (χ2n) is 7.08. The second-order valence-corrected chi connectivity index (χ2v) is 7.08. The summed E-state index contributed by atoms with van der Waals surface area (Å²) in [4.78, 5) is 11.8. The fourth-order valence-electron chi connectivity index (χ4n) is 3.11. The van der Waals surface area contributed by atoms with Crippen molar-refractivity contribution in [2.75, 3.05) is 6.61 Å². The molecule has 1 amide bonds. The zero-order chi connectivity index (χ0) is 23.9. The Morgan fingerprint density at radius 2 is 1.59 bits per heavy atom. The summed E-state index contributed by atoms with van der Waals surface area (Å²) in [6.45, 7) is 0.553. The number of halogens is 7. The van der Waals surface area contributed by atoms with E-state index in [0.717, 1.165) is 31.2 Å². The lowest BCUT2D eigenvalue weighted by Crippen LogP contribution is -2.61. The molecule has 1 aliphatic heterocycles. The summed E-state index contributed by atoms with van der Waals surface area (Å²) in [6, 6.07) is 5.10. The van der Waals surface area contributed by atoms with Crippen LogP contribution in [0.15, 0.2) is 42.5 Å². The zero-order valence-electron chi connectivity index (χ0n) is 16.2. The number of carbonyl (C=O) groups is 1. The second kappa shape index (κ2) is 8.34. The predicted octanol–water partition coefficient (Wildman–Crippen LogP) is 4.26. The van der Waals surface area contributed by atoms with Gasteiger partial charge in [0.05, 0.1) is 17.2 Å². The van der Waals surface area contributed by atoms with Crippen molar-refractivity contribution in [2.24, 2.45) is 0 Å². The number of carbonyl (C=O) groups excluding carboxylic acids is 1. The molecule has 3 rings (SSSR count). The third-order valence-corrected chi connectivity index (χ3v) is 4.73. The minimum absolute atomic E-state index is 0.0254. The maximum absolute atomic E-state index is 13.2. The van der Waals surface area contributed by atoms with Gasteiger partial charge >= 0.3 is 12.4 Å². The third kappa shape index (κ3) is 5.03. The lowest BCUT2D eigenvalue weighted by atomic mass is 9.99. The Morgan fingerprint density at radius 3 is 2.09 bits per heavy atom. The Balaban J connectivity index is 1.96. The van der Waals surface area contributed by atoms with Crippen molar-refractivity contribution in [2.45, 2.75) is 37.4 Å². The molecule has 0 radical (unpaired) electrons. The van der Waals surface area contributed by atoms with E-state index in [0.29, 0.717) is 12.1 Å². The van der Waals surface area contributed by atoms with E-state index in [4.69, 9.17) is 9.47 Å². The standard InChI is InChI=1S/C20H16F7NO4/c1-10(11-6-13(19(22,23)24)8-14(7-11)20(25,26)27)32-17-18(30,28-16(29)9-31-17)12-2-4-15(21)5-3-12/h2-8,10,17,30H,9H2,1H3,(H,28,29)/t10-,17-,18?/m1/s1. The Labute approximate surface area is 176 Å². The number of rotatable bonds is 4. The molecular weight excluding hydrogens is 451 g/mol. The zero-order valence-corrected chi connectivity index (χ0v) is 16.2. The number of hydrogen-bond acceptors (Lipinski definition) is 4. The van der Waals surface area contributed by atoms with Gasteiger partial charge < -0.3 is 19.9 Å². The van der Waals surface area contributed by atoms with E-state index in [1.807, 2.05) is 0 Å². The van der Waals surface area contributed by atoms with Crippen molar-refractivity contribution in [1.29, 1.82) is 0 Å². The van der Waals surface area contributed by atoms with Gasteiger partial charge in [-0.1, -0.05) is 12.1 Å². The summed E-state index contributed by atoms with van der Waals surface area (Å²) < 4.78 is 103. The molecule has 0 spiro atoms. The van der Waals surface area contributed by atoms with Crippen LogP contribution in [0, 0.1) is 5.82 Å². The summed E-state index contributed by atoms with van der Waals surface area (Å²) in [5.74, 6) is -1.43. The molecule has 1 unspecified atom stereocenters. The smallest absolute Gasteiger partial charge is 0.363 e. The minimum atomic E-state index is -5.06. The largest absolute Gasteiger partial charge is 0.416 e. The Hall–Kier alpha value is -2.70. The van der Waals surface area contributed by atoms with Crippen LogP contribution in [0.1, 0.15) is 35.3 Å². The van der Waals surface area contributed by atoms with E-state index >= 15 is 0 Å². The molecule has 174 valence electrons. The number of ether oxygens (including phenoxy) is 2. The van der Waals surface area contributed by atoms with Gasteiger partial charge in [0.1, 0.15) is 12.4 Å². The number of hydrogen-bond donors (Lipinski definition) is 2. The maximum atomic E-state index is 13.2. The van der Waals surface area contributed by atoms with Crippen LogP contribution in [0.5, 0.6) is 0 Å². The number of morpholine rings is 1. The Kier molecular flexibility index (Phi) is 6.24. The number of aliphatic hydroxyl groups is 1. The molecule has 32 heavy (non-hydrogen) atoms. The average molecular weight is 467 g/mol. The Morgan fingerprint density at radius 1 is 1.06 bits per heavy atom. The topological polar surface area (TPSA) is 67.8 Å². The first-order valence-corrected chi connectivity index (χ1v) is 9.06. The fraction of sp³-hybridized carbons (Fsp3) is 0.350. The molecule has 2 aromatic rings. The summed E-state index contributed by atoms with van der Waals surface area (Å²) in [5.41, 5.74) is -6.03. The Bertz CT molecular complexity index is 959. The maximum Gasteiger partial charge on any atom is 0.416 e. The van der Waals surface area contributed by atoms with Crippen LogP contribution < -0.4 is 5.32 Å². The molecule has 1 aliphatic rings. The average Bonchev–Trinajstić information content (AvgIpc) is 2.69. The summed E-state index contributed by atoms with van der Waals surface area (Å²) in [5, 5.41) is 13.2. The van der Waals surface area contributed by atoms with Gasteiger partial charge in [-0.25, -0.2) is 4.39 Å². The van der Waals surface area contributed by atoms with Crippen LogP contribution in [0.4, 0.5) is 30.7 Å². The quantitative estimate of drug-likeness (QED) is 0.660. The molecule has 0 saturated carbocycles. The van der Waals surface area contributed by atoms with Gasteiger partial charge in [0.25, 0.3) is 0 Å². The van der Waals surface area contributed by atoms with E-state index in [-0.39, 0.29) is 11.6 Å². The molecular formula is C20H16F7NO4. The van der Waals surface area contributed by atoms with Gasteiger partial charge in [0.15, 0.2) is 0 Å². The molecule has 0 aromatic heterocycles. The molecule has 1 saturated heterocycles. The van der Waals surface area contributed by atoms with Gasteiger partial charge in [-0.15, -0.1) is 0 Å². The molecule has 5 nitrogen and oxygen atoms in total. The minimum Gasteiger partial charge on any atom is -0.363 e. The summed E-state index contributed by atoms with van der Waals surface area (Å²) in [6.07, 6.45) is -13.3. The lowest BCUT2D eigenvalue weighted by molar-refractivity contribution is -0.282. The summed E-state index contributed by atoms with van der Waals surface area (Å²) in [7, 11) is 0. The highest BCUT2D eigenvalue weighted by molar-refractivity contribution is 5.78. The first-order chi connectivity index (χ1) is 14.7. The van der Waals surface area contributed by atoms with Gasteiger partial charge in [-0.2, -0.15) is 26.3 Å². The van der Waals surface area contributed by atoms with E-state index in [9.17, 15) is 40.6 Å². The van der Waals surface area contributed by atoms with E-state index in [1.54, 1.807) is 0 Å². The van der Waals surface area contributed by atoms with Crippen LogP contribution >= 0.6 is 0 Å². The van der Waals surface area contributed by atoms with Crippen molar-refractivity contribution in [3.63, 3.8) is 0 Å². The first-order valence-electron chi connectivity index (χ1n) is 9.06. The van der Waals surface area contributed by atoms with Gasteiger partial charge in [-0.3, -0.25) is 4.79 Å². The van der Waals surface area contributed by atoms with Crippen molar-refractivity contribution in [1.82, 2.24) is 5.32 Å². The van der Waals surface area contributed by atoms with Crippen LogP contribution in [0.2, 0.25) is 0 Å². The fourth-order valence-corrected chi connectivity index (χ4v) is 3.11. The van der Waals surface area contributed by atoms with E-state index < -0.39 is 65.5 Å². The SMILES string of the molecule is C[C@@H](O[C@H]1OCC(=O)NC1(O)c1ccc(F)cc1)c1cc(C(F)(F)F)cc(C(F)(F)F)c1. The van der Waals surface area contributed by atoms with E-state index in [1.165, 1.54) is 0 Å². The predicted molar refractivity (Wildman–Crippen MR) is 94.1 cm³/mol. The van der Waals surface area contributed by atoms with Crippen LogP contribution in [0.25, 0.3) is 0 Å². The van der Waals surface area contributed by atoms with Crippen LogP contribution in [-0.2, 0) is 32.3 Å². The van der Waals surface area contributed by atoms with Gasteiger partial charge in [0.2, 0.25) is 17.9 Å². The molecule has 12 heteroatoms. The number of amides is 1. The van der Waals surface area contributed by atoms with Gasteiger partial charge in [0, 0.05) is 5.56 Å². The summed E-state index contributed by atoms with van der Waals surface area (Å²) >= 11 is 0. The van der Waals surface area contributed by atoms with E-state index in [2.05, 4.69) is 5.32 Å². The first kappa shape index (κ1) is 24.0. The lowest BCUT2D eigenvalue weighted by Gasteiger charge is -2.40. The van der Waals surface area contributed by atoms with Crippen LogP contribution in [0.3, 0.4) is 0 Å². The molecule has 0 bridgehead atoms. The molecule has 2 aromatic carbocycles. The highest BCUT2D eigenvalue weighted by Crippen LogP contribution is 2.39. The van der Waals surface area contributed by atoms with Crippen LogP contribution in [-0.4, -0.2) is 23.9 Å². The number of nitrogens with one attached hydrogen (secondary N) is 1. The van der Waals surface area contributed by atoms with Crippen molar-refractivity contribution >= 4 is 5.91 Å². The third-order valence-electron chi connectivity index (χ3n) is 4.73. The normalized spacial score (nSPS) is 23.0. The number of benzene rings is 2. The molecule has 2 N–H and O–H groups in total. The van der Waals surface area contributed by atoms with Crippen molar-refractivity contribution in [3.05, 3.63) is 70.5 Å². The molecule has 1 heterocycles. The monoisotopic (exact) mass is 467 g/mol. The van der Waals surface area contributed by atoms with Crippen molar-refractivity contribution in [3.8, 4) is 0 Å². The molecule has 1 fully saturated rings. The van der Waals surface area contributed by atoms with Crippen molar-refractivity contribution < 1.29 is 50.1 Å². The molecule has 3 atom stereocenters. The highest BCUT2D eigenvalue weighted by atomic mass is 19.4. The highest BCUT2D eigenvalue weighted by Gasteiger charge is 2.47. The number of alkyl halides is 6. The van der Waals surface area contributed by atoms with Gasteiger partial charge in [-0.05, 0) is 42.8 Å².